The fourth-order valence-electron chi connectivity index (χ4n) is 3.46. The van der Waals surface area contributed by atoms with E-state index < -0.39 is 12.0 Å². The maximum Gasteiger partial charge on any atom is 0.308 e. The van der Waals surface area contributed by atoms with Crippen molar-refractivity contribution in [2.45, 2.75) is 45.6 Å². The van der Waals surface area contributed by atoms with E-state index in [9.17, 15) is 19.2 Å². The third-order valence-electron chi connectivity index (χ3n) is 5.45. The molecule has 1 aliphatic carbocycles. The maximum absolute atomic E-state index is 12.9. The molecule has 1 atom stereocenters. The molecule has 31 heavy (non-hydrogen) atoms. The highest BCUT2D eigenvalue weighted by Gasteiger charge is 2.35. The standard InChI is InChI=1S/C22H30N4O5/c1-3-11-31-20(28)12-18-22(30)23-9-10-26(18)19(27)13-24-16-5-4-6-17(14(16)2)25-21(29)15-7-8-15/h4-6,15,18,24H,3,7-13H2,1-2H3,(H,23,30)(H,25,29). The van der Waals surface area contributed by atoms with Gasteiger partial charge in [-0.25, -0.2) is 0 Å². The van der Waals surface area contributed by atoms with E-state index in [0.717, 1.165) is 24.1 Å². The molecule has 1 unspecified atom stereocenters. The summed E-state index contributed by atoms with van der Waals surface area (Å²) in [6.45, 7) is 4.68. The molecule has 1 aromatic carbocycles. The normalized spacial score (nSPS) is 18.2. The minimum atomic E-state index is -0.877. The van der Waals surface area contributed by atoms with Crippen LogP contribution < -0.4 is 16.0 Å². The molecule has 9 nitrogen and oxygen atoms in total. The average molecular weight is 431 g/mol. The topological polar surface area (TPSA) is 117 Å². The summed E-state index contributed by atoms with van der Waals surface area (Å²) >= 11 is 0. The third kappa shape index (κ3) is 5.96. The molecule has 3 rings (SSSR count). The summed E-state index contributed by atoms with van der Waals surface area (Å²) in [6, 6.07) is 4.59. The fraction of sp³-hybridized carbons (Fsp3) is 0.545. The number of hydrogen-bond donors (Lipinski definition) is 3. The third-order valence-corrected chi connectivity index (χ3v) is 5.45. The summed E-state index contributed by atoms with van der Waals surface area (Å²) in [6.07, 6.45) is 2.37. The van der Waals surface area contributed by atoms with Gasteiger partial charge in [0.05, 0.1) is 19.6 Å². The second-order valence-corrected chi connectivity index (χ2v) is 7.91. The Labute approximate surface area is 181 Å². The van der Waals surface area contributed by atoms with E-state index in [2.05, 4.69) is 16.0 Å². The first-order valence-corrected chi connectivity index (χ1v) is 10.8. The molecule has 1 heterocycles. The minimum Gasteiger partial charge on any atom is -0.466 e. The Kier molecular flexibility index (Phi) is 7.49. The molecule has 0 spiro atoms. The number of esters is 1. The van der Waals surface area contributed by atoms with E-state index in [-0.39, 0.29) is 43.2 Å². The van der Waals surface area contributed by atoms with Crippen LogP contribution >= 0.6 is 0 Å². The van der Waals surface area contributed by atoms with Gasteiger partial charge in [0.1, 0.15) is 6.04 Å². The molecule has 2 fully saturated rings. The van der Waals surface area contributed by atoms with Gasteiger partial charge in [-0.15, -0.1) is 0 Å². The SMILES string of the molecule is CCCOC(=O)CC1C(=O)NCCN1C(=O)CNc1cccc(NC(=O)C2CC2)c1C. The maximum atomic E-state index is 12.9. The zero-order valence-electron chi connectivity index (χ0n) is 18.0. The van der Waals surface area contributed by atoms with Gasteiger partial charge in [-0.2, -0.15) is 0 Å². The van der Waals surface area contributed by atoms with Crippen molar-refractivity contribution in [3.8, 4) is 0 Å². The lowest BCUT2D eigenvalue weighted by atomic mass is 10.1. The number of benzene rings is 1. The van der Waals surface area contributed by atoms with E-state index in [4.69, 9.17) is 4.74 Å². The number of amides is 3. The van der Waals surface area contributed by atoms with Crippen molar-refractivity contribution in [1.29, 1.82) is 0 Å². The Morgan fingerprint density at radius 2 is 1.97 bits per heavy atom. The van der Waals surface area contributed by atoms with E-state index >= 15 is 0 Å². The molecular formula is C22H30N4O5. The van der Waals surface area contributed by atoms with E-state index in [1.54, 1.807) is 0 Å². The van der Waals surface area contributed by atoms with Gasteiger partial charge in [0, 0.05) is 30.4 Å². The zero-order valence-corrected chi connectivity index (χ0v) is 18.0. The lowest BCUT2D eigenvalue weighted by Gasteiger charge is -2.34. The second-order valence-electron chi connectivity index (χ2n) is 7.91. The largest absolute Gasteiger partial charge is 0.466 e. The molecular weight excluding hydrogens is 400 g/mol. The first-order valence-electron chi connectivity index (χ1n) is 10.8. The molecule has 3 N–H and O–H groups in total. The molecule has 1 aromatic rings. The predicted octanol–water partition coefficient (Wildman–Crippen LogP) is 1.43. The van der Waals surface area contributed by atoms with Crippen LogP contribution in [0.5, 0.6) is 0 Å². The summed E-state index contributed by atoms with van der Waals surface area (Å²) in [5.74, 6) is -1.01. The Hall–Kier alpha value is -3.10. The van der Waals surface area contributed by atoms with Crippen LogP contribution in [0.4, 0.5) is 11.4 Å². The van der Waals surface area contributed by atoms with Crippen molar-refractivity contribution in [1.82, 2.24) is 10.2 Å². The molecule has 1 saturated heterocycles. The fourth-order valence-corrected chi connectivity index (χ4v) is 3.46. The van der Waals surface area contributed by atoms with Crippen LogP contribution in [-0.4, -0.2) is 60.9 Å². The summed E-state index contributed by atoms with van der Waals surface area (Å²) in [4.78, 5) is 50.6. The van der Waals surface area contributed by atoms with Crippen LogP contribution in [0, 0.1) is 12.8 Å². The van der Waals surface area contributed by atoms with Crippen molar-refractivity contribution in [3.05, 3.63) is 23.8 Å². The van der Waals surface area contributed by atoms with Crippen LogP contribution in [0.25, 0.3) is 0 Å². The van der Waals surface area contributed by atoms with E-state index in [1.165, 1.54) is 4.90 Å². The number of piperazine rings is 1. The number of nitrogens with zero attached hydrogens (tertiary/aromatic N) is 1. The average Bonchev–Trinajstić information content (AvgIpc) is 3.59. The van der Waals surface area contributed by atoms with Crippen molar-refractivity contribution < 1.29 is 23.9 Å². The summed E-state index contributed by atoms with van der Waals surface area (Å²) in [7, 11) is 0. The summed E-state index contributed by atoms with van der Waals surface area (Å²) < 4.78 is 5.07. The Bertz CT molecular complexity index is 852. The molecule has 0 bridgehead atoms. The lowest BCUT2D eigenvalue weighted by Crippen LogP contribution is -2.58. The summed E-state index contributed by atoms with van der Waals surface area (Å²) in [5, 5.41) is 8.74. The highest BCUT2D eigenvalue weighted by atomic mass is 16.5. The number of carbonyl (C=O) groups is 4. The second kappa shape index (κ2) is 10.3. The van der Waals surface area contributed by atoms with Gasteiger partial charge < -0.3 is 25.6 Å². The van der Waals surface area contributed by atoms with Gasteiger partial charge in [0.2, 0.25) is 17.7 Å². The number of hydrogen-bond acceptors (Lipinski definition) is 6. The van der Waals surface area contributed by atoms with E-state index in [1.807, 2.05) is 32.0 Å². The van der Waals surface area contributed by atoms with Gasteiger partial charge in [0.15, 0.2) is 0 Å². The zero-order chi connectivity index (χ0) is 22.4. The van der Waals surface area contributed by atoms with Crippen LogP contribution in [0.3, 0.4) is 0 Å². The quantitative estimate of drug-likeness (QED) is 0.510. The van der Waals surface area contributed by atoms with Gasteiger partial charge in [-0.1, -0.05) is 13.0 Å². The number of anilines is 2. The highest BCUT2D eigenvalue weighted by molar-refractivity contribution is 5.96. The molecule has 1 saturated carbocycles. The Morgan fingerprint density at radius 1 is 1.23 bits per heavy atom. The monoisotopic (exact) mass is 430 g/mol. The number of ether oxygens (including phenoxy) is 1. The number of carbonyl (C=O) groups excluding carboxylic acids is 4. The van der Waals surface area contributed by atoms with Crippen molar-refractivity contribution in [2.75, 3.05) is 36.9 Å². The number of nitrogens with one attached hydrogen (secondary N) is 3. The molecule has 1 aliphatic heterocycles. The molecule has 2 aliphatic rings. The van der Waals surface area contributed by atoms with Crippen molar-refractivity contribution in [3.63, 3.8) is 0 Å². The van der Waals surface area contributed by atoms with Crippen LogP contribution in [-0.2, 0) is 23.9 Å². The van der Waals surface area contributed by atoms with Gasteiger partial charge in [0.25, 0.3) is 0 Å². The molecule has 0 radical (unpaired) electrons. The molecule has 9 heteroatoms. The highest BCUT2D eigenvalue weighted by Crippen LogP contribution is 2.31. The van der Waals surface area contributed by atoms with Crippen LogP contribution in [0.1, 0.15) is 38.2 Å². The van der Waals surface area contributed by atoms with Gasteiger partial charge >= 0.3 is 5.97 Å². The molecule has 168 valence electrons. The smallest absolute Gasteiger partial charge is 0.308 e. The minimum absolute atomic E-state index is 0.0217. The van der Waals surface area contributed by atoms with Gasteiger partial charge in [-0.3, -0.25) is 19.2 Å². The predicted molar refractivity (Wildman–Crippen MR) is 115 cm³/mol. The first kappa shape index (κ1) is 22.6. The lowest BCUT2D eigenvalue weighted by molar-refractivity contribution is -0.151. The van der Waals surface area contributed by atoms with Crippen LogP contribution in [0.15, 0.2) is 18.2 Å². The van der Waals surface area contributed by atoms with Crippen molar-refractivity contribution in [2.24, 2.45) is 5.92 Å². The molecule has 3 amide bonds. The number of rotatable bonds is 9. The van der Waals surface area contributed by atoms with E-state index in [0.29, 0.717) is 25.2 Å². The Morgan fingerprint density at radius 3 is 2.68 bits per heavy atom. The van der Waals surface area contributed by atoms with Crippen LogP contribution in [0.2, 0.25) is 0 Å². The Balaban J connectivity index is 1.61. The van der Waals surface area contributed by atoms with Gasteiger partial charge in [-0.05, 0) is 43.9 Å². The summed E-state index contributed by atoms with van der Waals surface area (Å²) in [5.41, 5.74) is 2.27. The van der Waals surface area contributed by atoms with Crippen molar-refractivity contribution >= 4 is 35.1 Å². The first-order chi connectivity index (χ1) is 14.9. The molecule has 0 aromatic heterocycles.